The topological polar surface area (TPSA) is 76.0 Å². The summed E-state index contributed by atoms with van der Waals surface area (Å²) in [7, 11) is -0.499. The van der Waals surface area contributed by atoms with Gasteiger partial charge in [0.1, 0.15) is 18.1 Å². The fourth-order valence-corrected chi connectivity index (χ4v) is 6.25. The molecule has 7 nitrogen and oxygen atoms in total. The van der Waals surface area contributed by atoms with E-state index in [9.17, 15) is 4.39 Å². The predicted octanol–water partition coefficient (Wildman–Crippen LogP) is 7.28. The van der Waals surface area contributed by atoms with Gasteiger partial charge in [0.05, 0.1) is 17.9 Å². The number of halogens is 1. The molecule has 0 saturated carbocycles. The van der Waals surface area contributed by atoms with E-state index < -0.39 is 18.3 Å². The molecule has 3 aliphatic rings. The molecule has 3 fully saturated rings. The van der Waals surface area contributed by atoms with Crippen LogP contribution in [0, 0.1) is 5.41 Å². The highest BCUT2D eigenvalue weighted by atomic mass is 19.1. The van der Waals surface area contributed by atoms with Crippen molar-refractivity contribution in [3.05, 3.63) is 64.6 Å². The average molecular weight is 606 g/mol. The minimum absolute atomic E-state index is 0.0394. The van der Waals surface area contributed by atoms with Crippen molar-refractivity contribution in [2.24, 2.45) is 0 Å². The monoisotopic (exact) mass is 605 g/mol. The molecule has 0 aromatic heterocycles. The van der Waals surface area contributed by atoms with Crippen molar-refractivity contribution < 1.29 is 23.2 Å². The van der Waals surface area contributed by atoms with Crippen LogP contribution in [0.2, 0.25) is 0 Å². The number of anilines is 1. The molecule has 3 heterocycles. The summed E-state index contributed by atoms with van der Waals surface area (Å²) in [6.07, 6.45) is 6.90. The second kappa shape index (κ2) is 14.2. The van der Waals surface area contributed by atoms with Gasteiger partial charge in [-0.2, -0.15) is 0 Å². The molecule has 0 radical (unpaired) electrons. The van der Waals surface area contributed by atoms with Gasteiger partial charge < -0.3 is 29.5 Å². The van der Waals surface area contributed by atoms with Gasteiger partial charge >= 0.3 is 7.12 Å². The summed E-state index contributed by atoms with van der Waals surface area (Å²) >= 11 is 0. The van der Waals surface area contributed by atoms with Crippen LogP contribution in [0.1, 0.15) is 89.8 Å². The van der Waals surface area contributed by atoms with Gasteiger partial charge in [0.15, 0.2) is 0 Å². The molecule has 9 heteroatoms. The van der Waals surface area contributed by atoms with Gasteiger partial charge in [-0.15, -0.1) is 0 Å². The van der Waals surface area contributed by atoms with E-state index in [-0.39, 0.29) is 19.0 Å². The number of nitrogens with zero attached hydrogens (tertiary/aromatic N) is 1. The molecule has 2 N–H and O–H groups in total. The molecule has 2 aromatic carbocycles. The van der Waals surface area contributed by atoms with Crippen molar-refractivity contribution in [3.63, 3.8) is 0 Å². The number of ether oxygens (including phenoxy) is 2. The van der Waals surface area contributed by atoms with Gasteiger partial charge in [0.2, 0.25) is 0 Å². The highest BCUT2D eigenvalue weighted by molar-refractivity contribution is 6.56. The zero-order valence-corrected chi connectivity index (χ0v) is 27.1. The summed E-state index contributed by atoms with van der Waals surface area (Å²) < 4.78 is 38.0. The highest BCUT2D eigenvalue weighted by Gasteiger charge is 2.52. The maximum atomic E-state index is 12.6. The number of alkyl halides is 1. The van der Waals surface area contributed by atoms with Crippen LogP contribution in [0.4, 0.5) is 10.1 Å². The van der Waals surface area contributed by atoms with Gasteiger partial charge in [-0.1, -0.05) is 25.1 Å². The van der Waals surface area contributed by atoms with Gasteiger partial charge in [-0.05, 0) is 113 Å². The smallest absolute Gasteiger partial charge is 0.489 e. The first-order chi connectivity index (χ1) is 21.1. The molecule has 44 heavy (non-hydrogen) atoms. The molecule has 0 bridgehead atoms. The quantitative estimate of drug-likeness (QED) is 0.196. The summed E-state index contributed by atoms with van der Waals surface area (Å²) in [5.41, 5.74) is 4.90. The summed E-state index contributed by atoms with van der Waals surface area (Å²) in [5, 5.41) is 11.7. The second-order valence-electron chi connectivity index (χ2n) is 13.2. The molecule has 0 spiro atoms. The average Bonchev–Trinajstić information content (AvgIpc) is 3.55. The van der Waals surface area contributed by atoms with Crippen LogP contribution < -0.4 is 10.1 Å². The first kappa shape index (κ1) is 32.7. The Kier molecular flexibility index (Phi) is 10.5. The predicted molar refractivity (Wildman–Crippen MR) is 176 cm³/mol. The maximum absolute atomic E-state index is 12.6. The first-order valence-electron chi connectivity index (χ1n) is 16.3. The first-order valence-corrected chi connectivity index (χ1v) is 16.3. The molecule has 0 amide bonds. The Hall–Kier alpha value is -2.72. The maximum Gasteiger partial charge on any atom is 0.491 e. The van der Waals surface area contributed by atoms with E-state index in [1.807, 2.05) is 12.1 Å². The fourth-order valence-electron chi connectivity index (χ4n) is 6.25. The zero-order chi connectivity index (χ0) is 31.3. The number of allylic oxidation sites excluding steroid dienone is 1. The zero-order valence-electron chi connectivity index (χ0n) is 27.1. The number of hydrogen-bond donors (Lipinski definition) is 2. The molecule has 2 aromatic rings. The van der Waals surface area contributed by atoms with E-state index in [4.69, 9.17) is 24.2 Å². The molecule has 3 aliphatic heterocycles. The lowest BCUT2D eigenvalue weighted by atomic mass is 9.70. The molecular weight excluding hydrogens is 556 g/mol. The minimum atomic E-state index is -0.499. The number of benzene rings is 2. The summed E-state index contributed by atoms with van der Waals surface area (Å²) in [6, 6.07) is 14.5. The van der Waals surface area contributed by atoms with E-state index >= 15 is 0 Å². The Bertz CT molecular complexity index is 1290. The normalized spacial score (nSPS) is 23.8. The van der Waals surface area contributed by atoms with Crippen molar-refractivity contribution in [1.29, 1.82) is 5.41 Å². The summed E-state index contributed by atoms with van der Waals surface area (Å²) in [5.74, 6) is 0.825. The van der Waals surface area contributed by atoms with E-state index in [1.54, 1.807) is 0 Å². The van der Waals surface area contributed by atoms with Crippen LogP contribution in [0.5, 0.6) is 5.75 Å². The van der Waals surface area contributed by atoms with Crippen molar-refractivity contribution in [2.75, 3.05) is 38.2 Å². The number of hydrogen-bond acceptors (Lipinski definition) is 7. The third kappa shape index (κ3) is 7.39. The molecule has 5 rings (SSSR count). The third-order valence-corrected chi connectivity index (χ3v) is 9.51. The fraction of sp³-hybridized carbons (Fsp3) is 0.571. The van der Waals surface area contributed by atoms with Gasteiger partial charge in [-0.3, -0.25) is 9.29 Å². The summed E-state index contributed by atoms with van der Waals surface area (Å²) in [6.45, 7) is 13.5. The van der Waals surface area contributed by atoms with Crippen molar-refractivity contribution in [3.8, 4) is 5.75 Å². The van der Waals surface area contributed by atoms with E-state index in [2.05, 4.69) is 75.2 Å². The molecule has 1 unspecified atom stereocenters. The van der Waals surface area contributed by atoms with E-state index in [0.29, 0.717) is 6.42 Å². The Morgan fingerprint density at radius 1 is 1.07 bits per heavy atom. The minimum Gasteiger partial charge on any atom is -0.489 e. The van der Waals surface area contributed by atoms with Crippen molar-refractivity contribution >= 4 is 24.6 Å². The molecular formula is C35H49BFN3O4. The van der Waals surface area contributed by atoms with Gasteiger partial charge in [0, 0.05) is 43.7 Å². The number of nitrogens with one attached hydrogen (secondary N) is 2. The Morgan fingerprint density at radius 3 is 2.43 bits per heavy atom. The molecule has 3 saturated heterocycles. The largest absolute Gasteiger partial charge is 0.491 e. The molecule has 238 valence electrons. The second-order valence-corrected chi connectivity index (χ2v) is 13.2. The van der Waals surface area contributed by atoms with Crippen LogP contribution >= 0.6 is 0 Å². The van der Waals surface area contributed by atoms with Crippen molar-refractivity contribution in [1.82, 2.24) is 4.90 Å². The van der Waals surface area contributed by atoms with Crippen molar-refractivity contribution in [2.45, 2.75) is 96.7 Å². The summed E-state index contributed by atoms with van der Waals surface area (Å²) in [4.78, 5) is 2.28. The Balaban J connectivity index is 1.47. The van der Waals surface area contributed by atoms with Crippen LogP contribution in [0.3, 0.4) is 0 Å². The van der Waals surface area contributed by atoms with Crippen LogP contribution in [0.25, 0.3) is 5.57 Å². The Labute approximate surface area is 263 Å². The van der Waals surface area contributed by atoms with Crippen LogP contribution in [-0.4, -0.2) is 74.7 Å². The third-order valence-electron chi connectivity index (χ3n) is 9.51. The SMILES string of the molecule is CC/C(B1OC(C)(C)C(C)(C)O1)=C(/c1ccc(O[C@H]2CCN(CCCF)C2)cc1)c1ccc(NC2CCCCO2)c(C=N)c1. The number of likely N-dealkylation sites (tertiary alicyclic amines) is 1. The van der Waals surface area contributed by atoms with Gasteiger partial charge in [-0.25, -0.2) is 0 Å². The highest BCUT2D eigenvalue weighted by Crippen LogP contribution is 2.42. The standard InChI is InChI=1S/C35H49BFN3O4/c1-6-30(36-43-34(2,3)35(4,5)44-36)33(26-13-16-31(27(22-26)23-38)39-32-10-7-8-21-41-32)25-11-14-28(15-12-25)42-29-17-20-40(24-29)19-9-18-37/h11-16,22-23,29,32,38-39H,6-10,17-21,24H2,1-5H3/b33-30+,38-23?/t29-,32?/m0/s1. The lowest BCUT2D eigenvalue weighted by molar-refractivity contribution is 0.00578. The van der Waals surface area contributed by atoms with E-state index in [1.165, 1.54) is 6.21 Å². The molecule has 0 aliphatic carbocycles. The van der Waals surface area contributed by atoms with Crippen LogP contribution in [0.15, 0.2) is 47.9 Å². The number of rotatable bonds is 12. The van der Waals surface area contributed by atoms with Crippen LogP contribution in [-0.2, 0) is 14.0 Å². The lowest BCUT2D eigenvalue weighted by Crippen LogP contribution is -2.41. The molecule has 2 atom stereocenters. The van der Waals surface area contributed by atoms with E-state index in [0.717, 1.165) is 97.5 Å². The van der Waals surface area contributed by atoms with Gasteiger partial charge in [0.25, 0.3) is 0 Å². The Morgan fingerprint density at radius 2 is 1.80 bits per heavy atom. The lowest BCUT2D eigenvalue weighted by Gasteiger charge is -2.32.